The molecular weight excluding hydrogens is 266 g/mol. The summed E-state index contributed by atoms with van der Waals surface area (Å²) in [5, 5.41) is 0. The lowest BCUT2D eigenvalue weighted by Crippen LogP contribution is -2.37. The van der Waals surface area contributed by atoms with E-state index in [-0.39, 0.29) is 5.76 Å². The number of rotatable bonds is 5. The minimum Gasteiger partial charge on any atom is -0.408 e. The molecule has 1 saturated heterocycles. The normalized spacial score (nSPS) is 17.6. The van der Waals surface area contributed by atoms with Crippen molar-refractivity contribution in [2.75, 3.05) is 26.2 Å². The number of nitrogens with zero attached hydrogens (tertiary/aromatic N) is 2. The minimum absolute atomic E-state index is 0.255. The number of hydrogen-bond acceptors (Lipinski definition) is 4. The van der Waals surface area contributed by atoms with Crippen molar-refractivity contribution in [3.63, 3.8) is 0 Å². The Hall–Kier alpha value is -1.59. The molecule has 0 unspecified atom stereocenters. The fraction of sp³-hybridized carbons (Fsp3) is 0.562. The summed E-state index contributed by atoms with van der Waals surface area (Å²) in [6, 6.07) is 7.60. The number of hydrogen-bond donors (Lipinski definition) is 1. The molecule has 0 amide bonds. The van der Waals surface area contributed by atoms with Gasteiger partial charge >= 0.3 is 5.76 Å². The molecule has 0 atom stereocenters. The van der Waals surface area contributed by atoms with Gasteiger partial charge in [-0.3, -0.25) is 4.57 Å². The summed E-state index contributed by atoms with van der Waals surface area (Å²) < 4.78 is 7.00. The minimum atomic E-state index is -0.255. The van der Waals surface area contributed by atoms with Crippen molar-refractivity contribution in [2.24, 2.45) is 11.7 Å². The SMILES string of the molecule is NCCC1CCN(CCn2c(=O)oc3ccccc32)CC1. The van der Waals surface area contributed by atoms with Gasteiger partial charge in [0.2, 0.25) is 0 Å². The number of likely N-dealkylation sites (tertiary alicyclic amines) is 1. The van der Waals surface area contributed by atoms with Gasteiger partial charge in [-0.05, 0) is 56.9 Å². The Balaban J connectivity index is 1.60. The zero-order chi connectivity index (χ0) is 14.7. The van der Waals surface area contributed by atoms with E-state index in [1.807, 2.05) is 24.3 Å². The van der Waals surface area contributed by atoms with E-state index in [1.54, 1.807) is 4.57 Å². The third-order valence-corrected chi connectivity index (χ3v) is 4.50. The van der Waals surface area contributed by atoms with Gasteiger partial charge in [0, 0.05) is 13.1 Å². The second-order valence-electron chi connectivity index (χ2n) is 5.85. The molecule has 5 nitrogen and oxygen atoms in total. The van der Waals surface area contributed by atoms with Crippen LogP contribution in [0, 0.1) is 5.92 Å². The van der Waals surface area contributed by atoms with Crippen LogP contribution in [-0.4, -0.2) is 35.6 Å². The largest absolute Gasteiger partial charge is 0.419 e. The number of oxazole rings is 1. The van der Waals surface area contributed by atoms with Crippen LogP contribution < -0.4 is 11.5 Å². The highest BCUT2D eigenvalue weighted by atomic mass is 16.4. The van der Waals surface area contributed by atoms with E-state index < -0.39 is 0 Å². The lowest BCUT2D eigenvalue weighted by atomic mass is 9.94. The predicted molar refractivity (Wildman–Crippen MR) is 83.3 cm³/mol. The first kappa shape index (κ1) is 14.4. The van der Waals surface area contributed by atoms with E-state index >= 15 is 0 Å². The summed E-state index contributed by atoms with van der Waals surface area (Å²) in [7, 11) is 0. The van der Waals surface area contributed by atoms with Gasteiger partial charge in [-0.15, -0.1) is 0 Å². The molecule has 21 heavy (non-hydrogen) atoms. The van der Waals surface area contributed by atoms with Crippen molar-refractivity contribution in [1.82, 2.24) is 9.47 Å². The number of piperidine rings is 1. The van der Waals surface area contributed by atoms with Gasteiger partial charge in [0.15, 0.2) is 5.58 Å². The van der Waals surface area contributed by atoms with Crippen molar-refractivity contribution < 1.29 is 4.42 Å². The maximum Gasteiger partial charge on any atom is 0.419 e. The highest BCUT2D eigenvalue weighted by Gasteiger charge is 2.19. The Morgan fingerprint density at radius 2 is 1.95 bits per heavy atom. The summed E-state index contributed by atoms with van der Waals surface area (Å²) in [6.45, 7) is 4.60. The molecule has 2 aromatic rings. The van der Waals surface area contributed by atoms with Crippen LogP contribution in [0.25, 0.3) is 11.1 Å². The molecule has 5 heteroatoms. The molecule has 1 aromatic carbocycles. The summed E-state index contributed by atoms with van der Waals surface area (Å²) in [5.74, 6) is 0.526. The lowest BCUT2D eigenvalue weighted by Gasteiger charge is -2.31. The zero-order valence-electron chi connectivity index (χ0n) is 12.3. The van der Waals surface area contributed by atoms with Gasteiger partial charge in [-0.25, -0.2) is 4.79 Å². The van der Waals surface area contributed by atoms with Crippen molar-refractivity contribution in [3.8, 4) is 0 Å². The van der Waals surface area contributed by atoms with Gasteiger partial charge in [-0.1, -0.05) is 12.1 Å². The standard InChI is InChI=1S/C16H23N3O2/c17-8-5-13-6-9-18(10-7-13)11-12-19-14-3-1-2-4-15(14)21-16(19)20/h1-4,13H,5-12,17H2. The molecular formula is C16H23N3O2. The van der Waals surface area contributed by atoms with Crippen molar-refractivity contribution >= 4 is 11.1 Å². The summed E-state index contributed by atoms with van der Waals surface area (Å²) in [6.07, 6.45) is 3.58. The van der Waals surface area contributed by atoms with Crippen LogP contribution in [0.15, 0.2) is 33.5 Å². The summed E-state index contributed by atoms with van der Waals surface area (Å²) in [4.78, 5) is 14.3. The number of fused-ring (bicyclic) bond motifs is 1. The van der Waals surface area contributed by atoms with Crippen LogP contribution in [0.3, 0.4) is 0 Å². The smallest absolute Gasteiger partial charge is 0.408 e. The topological polar surface area (TPSA) is 64.4 Å². The van der Waals surface area contributed by atoms with Gasteiger partial charge < -0.3 is 15.1 Å². The molecule has 0 saturated carbocycles. The predicted octanol–water partition coefficient (Wildman–Crippen LogP) is 1.66. The molecule has 1 aromatic heterocycles. The maximum absolute atomic E-state index is 11.9. The highest BCUT2D eigenvalue weighted by molar-refractivity contribution is 5.72. The fourth-order valence-electron chi connectivity index (χ4n) is 3.20. The van der Waals surface area contributed by atoms with Crippen LogP contribution in [0.5, 0.6) is 0 Å². The van der Waals surface area contributed by atoms with E-state index in [0.717, 1.165) is 44.0 Å². The Kier molecular flexibility index (Phi) is 4.41. The molecule has 1 aliphatic rings. The second kappa shape index (κ2) is 6.45. The van der Waals surface area contributed by atoms with Crippen LogP contribution >= 0.6 is 0 Å². The van der Waals surface area contributed by atoms with E-state index in [9.17, 15) is 4.79 Å². The molecule has 1 aliphatic heterocycles. The molecule has 0 spiro atoms. The Morgan fingerprint density at radius 1 is 1.19 bits per heavy atom. The van der Waals surface area contributed by atoms with Gasteiger partial charge in [0.05, 0.1) is 5.52 Å². The summed E-state index contributed by atoms with van der Waals surface area (Å²) in [5.41, 5.74) is 7.18. The molecule has 2 heterocycles. The van der Waals surface area contributed by atoms with Crippen molar-refractivity contribution in [3.05, 3.63) is 34.8 Å². The maximum atomic E-state index is 11.9. The van der Waals surface area contributed by atoms with Gasteiger partial charge in [0.1, 0.15) is 0 Å². The molecule has 3 rings (SSSR count). The number of para-hydroxylation sites is 2. The number of aromatic nitrogens is 1. The highest BCUT2D eigenvalue weighted by Crippen LogP contribution is 2.20. The molecule has 114 valence electrons. The Labute approximate surface area is 124 Å². The monoisotopic (exact) mass is 289 g/mol. The fourth-order valence-corrected chi connectivity index (χ4v) is 3.20. The zero-order valence-corrected chi connectivity index (χ0v) is 12.3. The Bertz CT molecular complexity index is 638. The molecule has 2 N–H and O–H groups in total. The quantitative estimate of drug-likeness (QED) is 0.909. The van der Waals surface area contributed by atoms with Crippen LogP contribution in [0.4, 0.5) is 0 Å². The van der Waals surface area contributed by atoms with Crippen molar-refractivity contribution in [2.45, 2.75) is 25.8 Å². The van der Waals surface area contributed by atoms with Crippen LogP contribution in [0.2, 0.25) is 0 Å². The van der Waals surface area contributed by atoms with E-state index in [0.29, 0.717) is 12.1 Å². The van der Waals surface area contributed by atoms with Crippen LogP contribution in [0.1, 0.15) is 19.3 Å². The number of benzene rings is 1. The molecule has 0 aliphatic carbocycles. The molecule has 1 fully saturated rings. The van der Waals surface area contributed by atoms with Gasteiger partial charge in [-0.2, -0.15) is 0 Å². The Morgan fingerprint density at radius 3 is 2.71 bits per heavy atom. The third-order valence-electron chi connectivity index (χ3n) is 4.50. The van der Waals surface area contributed by atoms with Crippen LogP contribution in [-0.2, 0) is 6.54 Å². The van der Waals surface area contributed by atoms with E-state index in [1.165, 1.54) is 12.8 Å². The number of nitrogens with two attached hydrogens (primary N) is 1. The van der Waals surface area contributed by atoms with E-state index in [2.05, 4.69) is 4.90 Å². The summed E-state index contributed by atoms with van der Waals surface area (Å²) >= 11 is 0. The molecule has 0 radical (unpaired) electrons. The first-order valence-electron chi connectivity index (χ1n) is 7.78. The first-order chi connectivity index (χ1) is 10.3. The average molecular weight is 289 g/mol. The second-order valence-corrected chi connectivity index (χ2v) is 5.85. The third kappa shape index (κ3) is 3.19. The van der Waals surface area contributed by atoms with E-state index in [4.69, 9.17) is 10.2 Å². The van der Waals surface area contributed by atoms with Crippen molar-refractivity contribution in [1.29, 1.82) is 0 Å². The first-order valence-corrected chi connectivity index (χ1v) is 7.78. The van der Waals surface area contributed by atoms with Gasteiger partial charge in [0.25, 0.3) is 0 Å². The lowest BCUT2D eigenvalue weighted by molar-refractivity contribution is 0.174. The molecule has 0 bridgehead atoms. The average Bonchev–Trinajstić information content (AvgIpc) is 2.82.